The number of carbonyl (C=O) groups excluding carboxylic acids is 1. The monoisotopic (exact) mass is 726 g/mol. The maximum atomic E-state index is 16.1. The van der Waals surface area contributed by atoms with E-state index in [0.29, 0.717) is 59.8 Å². The molecule has 0 aliphatic carbocycles. The second-order valence-corrected chi connectivity index (χ2v) is 13.1. The Labute approximate surface area is 301 Å². The molecule has 0 saturated carbocycles. The van der Waals surface area contributed by atoms with Gasteiger partial charge in [0.1, 0.15) is 35.2 Å². The number of halogens is 2. The van der Waals surface area contributed by atoms with Crippen molar-refractivity contribution in [2.75, 3.05) is 72.7 Å². The fourth-order valence-corrected chi connectivity index (χ4v) is 7.23. The lowest BCUT2D eigenvalue weighted by molar-refractivity contribution is 0.0597. The largest absolute Gasteiger partial charge is 0.508 e. The summed E-state index contributed by atoms with van der Waals surface area (Å²) in [6.07, 6.45) is 5.96. The first-order valence-corrected chi connectivity index (χ1v) is 17.5. The molecule has 2 aromatic carbocycles. The number of hydrogen-bond acceptors (Lipinski definition) is 12. The highest BCUT2D eigenvalue weighted by Gasteiger charge is 2.37. The number of fused-ring (bicyclic) bond motifs is 3. The van der Waals surface area contributed by atoms with Gasteiger partial charge in [0.2, 0.25) is 0 Å². The second-order valence-electron chi connectivity index (χ2n) is 13.1. The number of aryl methyl sites for hydroxylation is 1. The van der Waals surface area contributed by atoms with Crippen molar-refractivity contribution in [3.63, 3.8) is 0 Å². The summed E-state index contributed by atoms with van der Waals surface area (Å²) in [7, 11) is 5.82. The Morgan fingerprint density at radius 1 is 1.12 bits per heavy atom. The summed E-state index contributed by atoms with van der Waals surface area (Å²) in [6, 6.07) is 6.95. The van der Waals surface area contributed by atoms with Gasteiger partial charge in [-0.05, 0) is 73.2 Å². The van der Waals surface area contributed by atoms with Crippen LogP contribution in [-0.2, 0) is 15.9 Å². The maximum Gasteiger partial charge on any atom is 0.409 e. The van der Waals surface area contributed by atoms with Crippen molar-refractivity contribution in [3.05, 3.63) is 47.7 Å². The van der Waals surface area contributed by atoms with Gasteiger partial charge in [0.05, 0.1) is 31.8 Å². The molecule has 3 aliphatic rings. The number of anilines is 1. The molecule has 282 valence electrons. The molecule has 52 heavy (non-hydrogen) atoms. The normalized spacial score (nSPS) is 20.0. The Morgan fingerprint density at radius 2 is 1.90 bits per heavy atom. The third kappa shape index (κ3) is 8.27. The van der Waals surface area contributed by atoms with Gasteiger partial charge in [-0.1, -0.05) is 13.0 Å². The van der Waals surface area contributed by atoms with E-state index in [0.717, 1.165) is 13.2 Å². The molecular formula is C37H48F2N6O7. The average Bonchev–Trinajstić information content (AvgIpc) is 3.71. The van der Waals surface area contributed by atoms with Gasteiger partial charge < -0.3 is 39.3 Å². The van der Waals surface area contributed by atoms with E-state index in [2.05, 4.69) is 19.9 Å². The number of rotatable bonds is 6. The van der Waals surface area contributed by atoms with E-state index in [1.54, 1.807) is 25.1 Å². The number of amides is 1. The van der Waals surface area contributed by atoms with Crippen LogP contribution in [0, 0.1) is 11.6 Å². The van der Waals surface area contributed by atoms with Gasteiger partial charge in [-0.3, -0.25) is 9.88 Å². The summed E-state index contributed by atoms with van der Waals surface area (Å²) < 4.78 is 46.6. The van der Waals surface area contributed by atoms with E-state index < -0.39 is 17.7 Å². The zero-order valence-corrected chi connectivity index (χ0v) is 30.3. The molecule has 3 unspecified atom stereocenters. The average molecular weight is 727 g/mol. The molecule has 1 amide bonds. The smallest absolute Gasteiger partial charge is 0.409 e. The lowest BCUT2D eigenvalue weighted by Crippen LogP contribution is -2.36. The molecule has 0 radical (unpaired) electrons. The van der Waals surface area contributed by atoms with Gasteiger partial charge >= 0.3 is 12.1 Å². The molecule has 0 bridgehead atoms. The van der Waals surface area contributed by atoms with Crippen molar-refractivity contribution in [1.29, 1.82) is 0 Å². The minimum Gasteiger partial charge on any atom is -0.508 e. The number of ether oxygens (including phenoxy) is 3. The Hall–Kier alpha value is -4.44. The summed E-state index contributed by atoms with van der Waals surface area (Å²) in [5.74, 6) is -0.909. The summed E-state index contributed by atoms with van der Waals surface area (Å²) in [6.45, 7) is 4.76. The number of pyridine rings is 1. The Kier molecular flexibility index (Phi) is 13.0. The van der Waals surface area contributed by atoms with Crippen LogP contribution < -0.4 is 9.64 Å². The number of hydrogen-bond donors (Lipinski definition) is 3. The van der Waals surface area contributed by atoms with Crippen LogP contribution in [0.2, 0.25) is 0 Å². The third-order valence-electron chi connectivity index (χ3n) is 9.62. The van der Waals surface area contributed by atoms with Crippen LogP contribution in [0.25, 0.3) is 32.9 Å². The predicted molar refractivity (Wildman–Crippen MR) is 193 cm³/mol. The number of aromatic hydroxyl groups is 1. The number of nitrogens with zero attached hydrogens (tertiary/aromatic N) is 6. The molecule has 4 aromatic rings. The number of methoxy groups -OCH3 is 1. The van der Waals surface area contributed by atoms with Crippen molar-refractivity contribution in [1.82, 2.24) is 24.8 Å². The molecule has 3 N–H and O–H groups in total. The molecular weight excluding hydrogens is 678 g/mol. The van der Waals surface area contributed by atoms with Gasteiger partial charge in [0.15, 0.2) is 5.82 Å². The Balaban J connectivity index is 0.000000256. The lowest BCUT2D eigenvalue weighted by atomic mass is 9.94. The minimum atomic E-state index is -0.755. The van der Waals surface area contributed by atoms with Crippen molar-refractivity contribution in [2.45, 2.75) is 57.2 Å². The van der Waals surface area contributed by atoms with Crippen LogP contribution in [0.15, 0.2) is 30.5 Å². The van der Waals surface area contributed by atoms with E-state index in [4.69, 9.17) is 19.3 Å². The number of carbonyl (C=O) groups is 1. The number of aromatic nitrogens is 3. The van der Waals surface area contributed by atoms with E-state index in [1.807, 2.05) is 6.92 Å². The fourth-order valence-electron chi connectivity index (χ4n) is 7.23. The van der Waals surface area contributed by atoms with Crippen molar-refractivity contribution < 1.29 is 43.1 Å². The van der Waals surface area contributed by atoms with E-state index in [9.17, 15) is 19.4 Å². The fraction of sp³-hybridized carbons (Fsp3) is 0.514. The molecule has 2 aromatic heterocycles. The maximum absolute atomic E-state index is 16.1. The van der Waals surface area contributed by atoms with Crippen LogP contribution >= 0.6 is 0 Å². The molecule has 3 aliphatic heterocycles. The zero-order valence-electron chi connectivity index (χ0n) is 30.3. The van der Waals surface area contributed by atoms with Gasteiger partial charge in [-0.25, -0.2) is 13.6 Å². The molecule has 15 heteroatoms. The van der Waals surface area contributed by atoms with Crippen molar-refractivity contribution in [3.8, 4) is 23.0 Å². The number of aliphatic hydroxyl groups is 2. The van der Waals surface area contributed by atoms with Crippen LogP contribution in [0.1, 0.15) is 38.2 Å². The summed E-state index contributed by atoms with van der Waals surface area (Å²) in [4.78, 5) is 30.1. The quantitative estimate of drug-likeness (QED) is 0.256. The number of β-amino-alcohol motifs (C(OH)–C–C–N with tert-alkyl or cyclic N) is 1. The minimum absolute atomic E-state index is 0.0394. The van der Waals surface area contributed by atoms with Crippen LogP contribution in [0.5, 0.6) is 11.8 Å². The molecule has 3 saturated heterocycles. The Bertz CT molecular complexity index is 1870. The lowest BCUT2D eigenvalue weighted by Gasteiger charge is -2.24. The van der Waals surface area contributed by atoms with Gasteiger partial charge in [-0.15, -0.1) is 0 Å². The van der Waals surface area contributed by atoms with Crippen LogP contribution in [0.4, 0.5) is 19.4 Å². The van der Waals surface area contributed by atoms with Gasteiger partial charge in [-0.2, -0.15) is 9.97 Å². The number of aliphatic hydroxyl groups excluding tert-OH is 2. The Morgan fingerprint density at radius 3 is 2.63 bits per heavy atom. The number of benzene rings is 2. The van der Waals surface area contributed by atoms with Crippen molar-refractivity contribution in [2.24, 2.45) is 0 Å². The highest BCUT2D eigenvalue weighted by atomic mass is 19.1. The van der Waals surface area contributed by atoms with Gasteiger partial charge in [0, 0.05) is 58.1 Å². The molecule has 3 fully saturated rings. The summed E-state index contributed by atoms with van der Waals surface area (Å²) in [5.41, 5.74) is 0.541. The second kappa shape index (κ2) is 17.4. The SMILES string of the molecule is CCc1c(F)ccc2cc(O)cc(-c3ncc4c(N5CCOCC(O)C5)nc(OC)nc4c3F)c12.CN(C)C(=O)OCC1CCC2CCCN21.CO. The third-order valence-corrected chi connectivity index (χ3v) is 9.62. The van der Waals surface area contributed by atoms with E-state index >= 15 is 4.39 Å². The standard InChI is InChI=1S/C25H24F2N4O4.C11H20N2O2.CH4O/c1-3-16-19(26)5-4-13-8-14(32)9-17(20(13)16)22-21(27)23-18(10-28-22)24(30-25(29-23)34-2)31-6-7-35-12-15(33)11-31;1-12(2)11(14)15-8-10-6-5-9-4-3-7-13(9)10;1-2/h4-5,8-10,15,32-33H,3,6-7,11-12H2,1-2H3;9-10H,3-8H2,1-2H3;2H,1H3. The van der Waals surface area contributed by atoms with Gasteiger partial charge in [0.25, 0.3) is 0 Å². The molecule has 3 atom stereocenters. The molecule has 0 spiro atoms. The first-order valence-electron chi connectivity index (χ1n) is 17.5. The highest BCUT2D eigenvalue weighted by Crippen LogP contribution is 2.39. The molecule has 13 nitrogen and oxygen atoms in total. The van der Waals surface area contributed by atoms with Crippen LogP contribution in [0.3, 0.4) is 0 Å². The van der Waals surface area contributed by atoms with Crippen molar-refractivity contribution >= 4 is 33.6 Å². The summed E-state index contributed by atoms with van der Waals surface area (Å²) >= 11 is 0. The summed E-state index contributed by atoms with van der Waals surface area (Å²) in [5, 5.41) is 28.9. The number of phenolic OH excluding ortho intramolecular Hbond substituents is 1. The van der Waals surface area contributed by atoms with Crippen LogP contribution in [-0.4, -0.2) is 132 Å². The topological polar surface area (TPSA) is 154 Å². The van der Waals surface area contributed by atoms with E-state index in [1.165, 1.54) is 68.6 Å². The van der Waals surface area contributed by atoms with E-state index in [-0.39, 0.29) is 47.8 Å². The zero-order chi connectivity index (χ0) is 37.5. The molecule has 7 rings (SSSR count). The highest BCUT2D eigenvalue weighted by molar-refractivity contribution is 6.01. The predicted octanol–water partition coefficient (Wildman–Crippen LogP) is 4.52. The first-order chi connectivity index (χ1) is 25.1. The number of phenols is 1. The molecule has 5 heterocycles. The first kappa shape index (κ1) is 38.8.